The molecule has 7 nitrogen and oxygen atoms in total. The quantitative estimate of drug-likeness (QED) is 0.838. The summed E-state index contributed by atoms with van der Waals surface area (Å²) in [4.78, 5) is 6.94. The molecule has 0 bridgehead atoms. The molecule has 118 valence electrons. The zero-order valence-electron chi connectivity index (χ0n) is 12.9. The predicted molar refractivity (Wildman–Crippen MR) is 77.2 cm³/mol. The third kappa shape index (κ3) is 2.90. The van der Waals surface area contributed by atoms with Crippen molar-refractivity contribution in [2.45, 2.75) is 57.4 Å². The van der Waals surface area contributed by atoms with Gasteiger partial charge in [0.25, 0.3) is 0 Å². The van der Waals surface area contributed by atoms with Crippen LogP contribution in [0.5, 0.6) is 0 Å². The number of hydrogen-bond acceptors (Lipinski definition) is 7. The maximum Gasteiger partial charge on any atom is 0.230 e. The molecule has 1 saturated heterocycles. The molecule has 3 heterocycles. The minimum Gasteiger partial charge on any atom is -0.424 e. The van der Waals surface area contributed by atoms with Crippen molar-refractivity contribution in [3.8, 4) is 0 Å². The molecule has 1 atom stereocenters. The number of piperidine rings is 1. The highest BCUT2D eigenvalue weighted by Crippen LogP contribution is 2.39. The Balaban J connectivity index is 1.40. The van der Waals surface area contributed by atoms with Gasteiger partial charge in [0.05, 0.1) is 6.54 Å². The van der Waals surface area contributed by atoms with Crippen LogP contribution < -0.4 is 0 Å². The fourth-order valence-electron chi connectivity index (χ4n) is 3.01. The zero-order valence-corrected chi connectivity index (χ0v) is 12.9. The van der Waals surface area contributed by atoms with Crippen LogP contribution in [0.3, 0.4) is 0 Å². The molecule has 7 heteroatoms. The van der Waals surface area contributed by atoms with Crippen LogP contribution in [0.1, 0.15) is 67.9 Å². The van der Waals surface area contributed by atoms with Gasteiger partial charge in [-0.1, -0.05) is 12.1 Å². The molecule has 0 amide bonds. The highest BCUT2D eigenvalue weighted by molar-refractivity contribution is 5.05. The van der Waals surface area contributed by atoms with Crippen molar-refractivity contribution in [1.29, 1.82) is 0 Å². The van der Waals surface area contributed by atoms with Crippen molar-refractivity contribution in [3.05, 3.63) is 23.5 Å². The summed E-state index contributed by atoms with van der Waals surface area (Å²) in [6.45, 7) is 4.69. The molecule has 2 fully saturated rings. The van der Waals surface area contributed by atoms with E-state index in [1.807, 2.05) is 6.92 Å². The van der Waals surface area contributed by atoms with Gasteiger partial charge in [0.1, 0.15) is 0 Å². The third-order valence-corrected chi connectivity index (χ3v) is 4.42. The molecule has 1 aliphatic heterocycles. The second kappa shape index (κ2) is 5.79. The van der Waals surface area contributed by atoms with E-state index in [2.05, 4.69) is 25.2 Å². The summed E-state index contributed by atoms with van der Waals surface area (Å²) in [5.41, 5.74) is 0. The third-order valence-electron chi connectivity index (χ3n) is 4.42. The lowest BCUT2D eigenvalue weighted by Gasteiger charge is -2.29. The van der Waals surface area contributed by atoms with Crippen LogP contribution in [-0.2, 0) is 13.0 Å². The zero-order chi connectivity index (χ0) is 14.9. The van der Waals surface area contributed by atoms with Gasteiger partial charge in [-0.3, -0.25) is 4.90 Å². The Hall–Kier alpha value is -1.76. The average Bonchev–Trinajstić information content (AvgIpc) is 3.10. The smallest absolute Gasteiger partial charge is 0.230 e. The van der Waals surface area contributed by atoms with Gasteiger partial charge >= 0.3 is 0 Å². The van der Waals surface area contributed by atoms with Crippen molar-refractivity contribution in [1.82, 2.24) is 25.2 Å². The molecule has 2 aliphatic rings. The minimum atomic E-state index is 0.346. The molecule has 2 aromatic rings. The van der Waals surface area contributed by atoms with E-state index < -0.39 is 0 Å². The topological polar surface area (TPSA) is 81.1 Å². The normalized spacial score (nSPS) is 23.0. The van der Waals surface area contributed by atoms with Crippen LogP contribution in [0.25, 0.3) is 0 Å². The lowest BCUT2D eigenvalue weighted by Crippen LogP contribution is -2.34. The van der Waals surface area contributed by atoms with Crippen molar-refractivity contribution < 1.29 is 8.94 Å². The molecule has 1 aliphatic carbocycles. The first-order valence-corrected chi connectivity index (χ1v) is 8.19. The largest absolute Gasteiger partial charge is 0.424 e. The van der Waals surface area contributed by atoms with Gasteiger partial charge in [-0.2, -0.15) is 4.98 Å². The Morgan fingerprint density at radius 3 is 2.77 bits per heavy atom. The summed E-state index contributed by atoms with van der Waals surface area (Å²) in [5, 5.41) is 12.3. The summed E-state index contributed by atoms with van der Waals surface area (Å²) < 4.78 is 11.0. The average molecular weight is 303 g/mol. The SMILES string of the molecule is CCc1nnc(CN2CCCC(c3noc(C4CC4)n3)C2)o1. The predicted octanol–water partition coefficient (Wildman–Crippen LogP) is 2.27. The van der Waals surface area contributed by atoms with Crippen molar-refractivity contribution in [2.75, 3.05) is 13.1 Å². The molecule has 0 aromatic carbocycles. The summed E-state index contributed by atoms with van der Waals surface area (Å²) in [7, 11) is 0. The second-order valence-corrected chi connectivity index (χ2v) is 6.28. The van der Waals surface area contributed by atoms with Gasteiger partial charge in [0.2, 0.25) is 17.7 Å². The number of likely N-dealkylation sites (tertiary alicyclic amines) is 1. The Morgan fingerprint density at radius 2 is 2.00 bits per heavy atom. The number of nitrogens with zero attached hydrogens (tertiary/aromatic N) is 5. The van der Waals surface area contributed by atoms with Crippen LogP contribution >= 0.6 is 0 Å². The number of aryl methyl sites for hydroxylation is 1. The van der Waals surface area contributed by atoms with E-state index in [-0.39, 0.29) is 0 Å². The van der Waals surface area contributed by atoms with Crippen LogP contribution in [0, 0.1) is 0 Å². The molecule has 1 unspecified atom stereocenters. The molecule has 0 spiro atoms. The summed E-state index contributed by atoms with van der Waals surface area (Å²) in [6.07, 6.45) is 5.41. The van der Waals surface area contributed by atoms with Gasteiger partial charge in [0.15, 0.2) is 5.82 Å². The maximum atomic E-state index is 5.61. The van der Waals surface area contributed by atoms with Crippen molar-refractivity contribution >= 4 is 0 Å². The van der Waals surface area contributed by atoms with Gasteiger partial charge in [-0.25, -0.2) is 0 Å². The van der Waals surface area contributed by atoms with Crippen LogP contribution in [0.2, 0.25) is 0 Å². The van der Waals surface area contributed by atoms with E-state index >= 15 is 0 Å². The van der Waals surface area contributed by atoms with Gasteiger partial charge < -0.3 is 8.94 Å². The summed E-state index contributed by atoms with van der Waals surface area (Å²) in [5.74, 6) is 3.97. The summed E-state index contributed by atoms with van der Waals surface area (Å²) in [6, 6.07) is 0. The van der Waals surface area contributed by atoms with E-state index in [0.717, 1.165) is 44.1 Å². The highest BCUT2D eigenvalue weighted by atomic mass is 16.5. The van der Waals surface area contributed by atoms with Gasteiger partial charge in [-0.15, -0.1) is 10.2 Å². The first-order chi connectivity index (χ1) is 10.8. The minimum absolute atomic E-state index is 0.346. The standard InChI is InChI=1S/C15H21N5O2/c1-2-12-17-18-13(21-12)9-20-7-3-4-11(8-20)14-16-15(22-19-14)10-5-6-10/h10-11H,2-9H2,1H3. The fourth-order valence-corrected chi connectivity index (χ4v) is 3.01. The molecule has 4 rings (SSSR count). The van der Waals surface area contributed by atoms with Crippen LogP contribution in [-0.4, -0.2) is 38.3 Å². The van der Waals surface area contributed by atoms with E-state index in [1.54, 1.807) is 0 Å². The summed E-state index contributed by atoms with van der Waals surface area (Å²) >= 11 is 0. The van der Waals surface area contributed by atoms with E-state index in [4.69, 9.17) is 8.94 Å². The lowest BCUT2D eigenvalue weighted by atomic mass is 9.97. The molecular formula is C15H21N5O2. The molecule has 2 aromatic heterocycles. The Morgan fingerprint density at radius 1 is 1.14 bits per heavy atom. The van der Waals surface area contributed by atoms with Gasteiger partial charge in [0, 0.05) is 24.8 Å². The second-order valence-electron chi connectivity index (χ2n) is 6.28. The molecular weight excluding hydrogens is 282 g/mol. The number of aromatic nitrogens is 4. The van der Waals surface area contributed by atoms with E-state index in [9.17, 15) is 0 Å². The van der Waals surface area contributed by atoms with Crippen LogP contribution in [0.15, 0.2) is 8.94 Å². The molecule has 1 saturated carbocycles. The number of rotatable bonds is 5. The fraction of sp³-hybridized carbons (Fsp3) is 0.733. The Bertz CT molecular complexity index is 633. The maximum absolute atomic E-state index is 5.61. The first-order valence-electron chi connectivity index (χ1n) is 8.19. The highest BCUT2D eigenvalue weighted by Gasteiger charge is 2.32. The first kappa shape index (κ1) is 13.9. The monoisotopic (exact) mass is 303 g/mol. The van der Waals surface area contributed by atoms with Crippen molar-refractivity contribution in [3.63, 3.8) is 0 Å². The molecule has 22 heavy (non-hydrogen) atoms. The number of hydrogen-bond donors (Lipinski definition) is 0. The van der Waals surface area contributed by atoms with Crippen molar-refractivity contribution in [2.24, 2.45) is 0 Å². The molecule has 0 N–H and O–H groups in total. The Kier molecular flexibility index (Phi) is 3.65. The van der Waals surface area contributed by atoms with E-state index in [1.165, 1.54) is 12.8 Å². The molecule has 0 radical (unpaired) electrons. The van der Waals surface area contributed by atoms with Gasteiger partial charge in [-0.05, 0) is 32.2 Å². The Labute approximate surface area is 129 Å². The van der Waals surface area contributed by atoms with Crippen LogP contribution in [0.4, 0.5) is 0 Å². The van der Waals surface area contributed by atoms with E-state index in [0.29, 0.717) is 30.2 Å². The lowest BCUT2D eigenvalue weighted by molar-refractivity contribution is 0.178.